The highest BCUT2D eigenvalue weighted by molar-refractivity contribution is 7.17. The van der Waals surface area contributed by atoms with E-state index in [2.05, 4.69) is 28.6 Å². The lowest BCUT2D eigenvalue weighted by atomic mass is 9.84. The molecule has 154 valence electrons. The Morgan fingerprint density at radius 3 is 2.79 bits per heavy atom. The monoisotopic (exact) mass is 413 g/mol. The van der Waals surface area contributed by atoms with Crippen LogP contribution in [0.2, 0.25) is 0 Å². The van der Waals surface area contributed by atoms with Crippen LogP contribution in [0.1, 0.15) is 60.1 Å². The second-order valence-electron chi connectivity index (χ2n) is 7.26. The molecule has 1 N–H and O–H groups in total. The summed E-state index contributed by atoms with van der Waals surface area (Å²) in [5, 5.41) is 2.91. The maximum absolute atomic E-state index is 12.3. The standard InChI is InChI=1S/C22H27N3O3S/c1-4-27-16-12-10-15(11-13-16)19-17-8-6-7-9-18(17)24-25(19)22-23-14(3)20(29-22)21(26)28-5-2/h9-13,17,19,24H,4-8H2,1-3H3/t17-,19-/m0/s1. The fraction of sp³-hybridized carbons (Fsp3) is 0.455. The van der Waals surface area contributed by atoms with Crippen LogP contribution < -0.4 is 15.2 Å². The number of ether oxygens (including phenoxy) is 2. The van der Waals surface area contributed by atoms with E-state index in [0.717, 1.165) is 23.7 Å². The third-order valence-corrected chi connectivity index (χ3v) is 6.51. The number of fused-ring (bicyclic) bond motifs is 1. The Kier molecular flexibility index (Phi) is 5.76. The number of esters is 1. The maximum atomic E-state index is 12.3. The van der Waals surface area contributed by atoms with Crippen molar-refractivity contribution in [3.8, 4) is 5.75 Å². The van der Waals surface area contributed by atoms with Gasteiger partial charge in [0.05, 0.1) is 24.9 Å². The van der Waals surface area contributed by atoms with Crippen LogP contribution in [-0.4, -0.2) is 24.2 Å². The fourth-order valence-electron chi connectivity index (χ4n) is 4.09. The molecule has 0 spiro atoms. The van der Waals surface area contributed by atoms with E-state index >= 15 is 0 Å². The van der Waals surface area contributed by atoms with E-state index in [4.69, 9.17) is 14.5 Å². The number of thiazole rings is 1. The predicted octanol–water partition coefficient (Wildman–Crippen LogP) is 4.78. The van der Waals surface area contributed by atoms with Gasteiger partial charge in [-0.3, -0.25) is 10.4 Å². The average molecular weight is 414 g/mol. The molecule has 2 atom stereocenters. The summed E-state index contributed by atoms with van der Waals surface area (Å²) in [5.74, 6) is 0.960. The summed E-state index contributed by atoms with van der Waals surface area (Å²) in [6.45, 7) is 6.68. The molecule has 4 rings (SSSR count). The maximum Gasteiger partial charge on any atom is 0.350 e. The van der Waals surface area contributed by atoms with Gasteiger partial charge in [-0.05, 0) is 57.7 Å². The first-order chi connectivity index (χ1) is 14.1. The molecule has 0 radical (unpaired) electrons. The minimum Gasteiger partial charge on any atom is -0.494 e. The molecule has 2 heterocycles. The minimum atomic E-state index is -0.304. The van der Waals surface area contributed by atoms with Gasteiger partial charge in [-0.1, -0.05) is 29.5 Å². The van der Waals surface area contributed by atoms with Crippen molar-refractivity contribution in [1.29, 1.82) is 0 Å². The molecule has 1 aliphatic carbocycles. The van der Waals surface area contributed by atoms with Gasteiger partial charge >= 0.3 is 5.97 Å². The molecule has 0 unspecified atom stereocenters. The summed E-state index contributed by atoms with van der Waals surface area (Å²) in [5.41, 5.74) is 6.74. The first kappa shape index (κ1) is 19.8. The van der Waals surface area contributed by atoms with Crippen LogP contribution in [0.25, 0.3) is 0 Å². The molecule has 1 aromatic carbocycles. The lowest BCUT2D eigenvalue weighted by Gasteiger charge is -2.27. The number of nitrogens with zero attached hydrogens (tertiary/aromatic N) is 2. The molecule has 0 saturated carbocycles. The van der Waals surface area contributed by atoms with Gasteiger partial charge in [0.2, 0.25) is 5.13 Å². The van der Waals surface area contributed by atoms with Crippen LogP contribution in [0.3, 0.4) is 0 Å². The second-order valence-corrected chi connectivity index (χ2v) is 8.23. The quantitative estimate of drug-likeness (QED) is 0.688. The first-order valence-electron chi connectivity index (χ1n) is 10.3. The topological polar surface area (TPSA) is 63.7 Å². The van der Waals surface area contributed by atoms with Gasteiger partial charge in [-0.25, -0.2) is 9.78 Å². The number of nitrogens with one attached hydrogen (secondary N) is 1. The normalized spacial score (nSPS) is 20.7. The van der Waals surface area contributed by atoms with Crippen molar-refractivity contribution in [2.45, 2.75) is 46.1 Å². The Morgan fingerprint density at radius 2 is 2.07 bits per heavy atom. The zero-order valence-electron chi connectivity index (χ0n) is 17.1. The van der Waals surface area contributed by atoms with Crippen molar-refractivity contribution in [2.24, 2.45) is 5.92 Å². The van der Waals surface area contributed by atoms with Crippen molar-refractivity contribution in [1.82, 2.24) is 10.4 Å². The molecule has 1 aromatic heterocycles. The van der Waals surface area contributed by atoms with Gasteiger partial charge in [0.25, 0.3) is 0 Å². The Labute approximate surface area is 175 Å². The van der Waals surface area contributed by atoms with Crippen LogP contribution in [0.15, 0.2) is 36.0 Å². The third kappa shape index (κ3) is 3.83. The van der Waals surface area contributed by atoms with E-state index in [-0.39, 0.29) is 12.0 Å². The number of carbonyl (C=O) groups is 1. The molecule has 0 bridgehead atoms. The summed E-state index contributed by atoms with van der Waals surface area (Å²) < 4.78 is 10.8. The third-order valence-electron chi connectivity index (χ3n) is 5.38. The largest absolute Gasteiger partial charge is 0.494 e. The molecular weight excluding hydrogens is 386 g/mol. The highest BCUT2D eigenvalue weighted by atomic mass is 32.1. The SMILES string of the molecule is CCOC(=O)c1sc(N2NC3=CCCC[C@@H]3[C@@H]2c2ccc(OCC)cc2)nc1C. The van der Waals surface area contributed by atoms with Crippen molar-refractivity contribution in [3.05, 3.63) is 52.2 Å². The zero-order valence-corrected chi connectivity index (χ0v) is 17.9. The molecule has 1 fully saturated rings. The van der Waals surface area contributed by atoms with Gasteiger partial charge in [0.15, 0.2) is 0 Å². The van der Waals surface area contributed by atoms with Gasteiger partial charge in [-0.2, -0.15) is 0 Å². The highest BCUT2D eigenvalue weighted by Crippen LogP contribution is 2.46. The van der Waals surface area contributed by atoms with Crippen LogP contribution in [0.4, 0.5) is 5.13 Å². The number of hydrogen-bond acceptors (Lipinski definition) is 7. The molecule has 6 nitrogen and oxygen atoms in total. The Morgan fingerprint density at radius 1 is 1.28 bits per heavy atom. The summed E-state index contributed by atoms with van der Waals surface area (Å²) in [7, 11) is 0. The summed E-state index contributed by atoms with van der Waals surface area (Å²) >= 11 is 1.39. The molecular formula is C22H27N3O3S. The number of hydrogen-bond donors (Lipinski definition) is 1. The number of allylic oxidation sites excluding steroid dienone is 1. The number of hydrazine groups is 1. The number of carbonyl (C=O) groups excluding carboxylic acids is 1. The summed E-state index contributed by atoms with van der Waals surface area (Å²) in [6.07, 6.45) is 5.70. The van der Waals surface area contributed by atoms with Gasteiger partial charge in [0.1, 0.15) is 10.6 Å². The van der Waals surface area contributed by atoms with Crippen molar-refractivity contribution < 1.29 is 14.3 Å². The smallest absolute Gasteiger partial charge is 0.350 e. The zero-order chi connectivity index (χ0) is 20.4. The Bertz CT molecular complexity index is 907. The average Bonchev–Trinajstić information content (AvgIpc) is 3.30. The highest BCUT2D eigenvalue weighted by Gasteiger charge is 2.41. The Balaban J connectivity index is 1.69. The van der Waals surface area contributed by atoms with E-state index in [1.165, 1.54) is 29.0 Å². The van der Waals surface area contributed by atoms with Crippen LogP contribution >= 0.6 is 11.3 Å². The predicted molar refractivity (Wildman–Crippen MR) is 114 cm³/mol. The molecule has 1 saturated heterocycles. The van der Waals surface area contributed by atoms with Crippen molar-refractivity contribution in [3.63, 3.8) is 0 Å². The van der Waals surface area contributed by atoms with E-state index in [0.29, 0.717) is 29.7 Å². The molecule has 0 amide bonds. The van der Waals surface area contributed by atoms with E-state index in [9.17, 15) is 4.79 Å². The summed E-state index contributed by atoms with van der Waals surface area (Å²) in [4.78, 5) is 17.6. The summed E-state index contributed by atoms with van der Waals surface area (Å²) in [6, 6.07) is 8.44. The lowest BCUT2D eigenvalue weighted by Crippen LogP contribution is -2.32. The van der Waals surface area contributed by atoms with Crippen LogP contribution in [0, 0.1) is 12.8 Å². The number of anilines is 1. The van der Waals surface area contributed by atoms with Gasteiger partial charge < -0.3 is 9.47 Å². The number of benzene rings is 1. The number of aromatic nitrogens is 1. The minimum absolute atomic E-state index is 0.123. The fourth-order valence-corrected chi connectivity index (χ4v) is 5.05. The Hall–Kier alpha value is -2.54. The molecule has 2 aromatic rings. The molecule has 2 aliphatic rings. The van der Waals surface area contributed by atoms with Crippen molar-refractivity contribution >= 4 is 22.4 Å². The van der Waals surface area contributed by atoms with Crippen molar-refractivity contribution in [2.75, 3.05) is 18.2 Å². The van der Waals surface area contributed by atoms with E-state index in [1.807, 2.05) is 32.9 Å². The lowest BCUT2D eigenvalue weighted by molar-refractivity contribution is 0.0531. The van der Waals surface area contributed by atoms with E-state index < -0.39 is 0 Å². The van der Waals surface area contributed by atoms with Crippen LogP contribution in [-0.2, 0) is 4.74 Å². The van der Waals surface area contributed by atoms with Crippen LogP contribution in [0.5, 0.6) is 5.75 Å². The molecule has 1 aliphatic heterocycles. The molecule has 29 heavy (non-hydrogen) atoms. The molecule has 7 heteroatoms. The van der Waals surface area contributed by atoms with Gasteiger partial charge in [0, 0.05) is 11.6 Å². The first-order valence-corrected chi connectivity index (χ1v) is 11.1. The second kappa shape index (κ2) is 8.45. The van der Waals surface area contributed by atoms with Gasteiger partial charge in [-0.15, -0.1) is 0 Å². The van der Waals surface area contributed by atoms with E-state index in [1.54, 1.807) is 0 Å². The number of rotatable bonds is 6. The number of aryl methyl sites for hydroxylation is 1.